The Hall–Kier alpha value is -3.61. The van der Waals surface area contributed by atoms with E-state index >= 15 is 0 Å². The van der Waals surface area contributed by atoms with Crippen molar-refractivity contribution in [1.29, 1.82) is 0 Å². The SMILES string of the molecule is C/C=C\C/C=C(/C)CCC/C(C)=C\C=C(/C)C(=O)c1c(O)cc([C@H](C)CC/C=C/NC(=O)OC)oc1=O. The number of hydrogen-bond acceptors (Lipinski definition) is 6. The fourth-order valence-corrected chi connectivity index (χ4v) is 3.49. The molecule has 0 radical (unpaired) electrons. The highest BCUT2D eigenvalue weighted by Gasteiger charge is 2.21. The predicted octanol–water partition coefficient (Wildman–Crippen LogP) is 7.26. The number of carbonyl (C=O) groups excluding carboxylic acids is 2. The van der Waals surface area contributed by atoms with Crippen LogP contribution in [-0.2, 0) is 4.74 Å². The molecule has 0 aliphatic heterocycles. The molecule has 1 aromatic heterocycles. The number of allylic oxidation sites excluding steroid dienone is 9. The number of hydrogen-bond donors (Lipinski definition) is 2. The Balaban J connectivity index is 2.77. The average Bonchev–Trinajstić information content (AvgIpc) is 2.86. The van der Waals surface area contributed by atoms with Crippen LogP contribution in [0.2, 0.25) is 0 Å². The minimum absolute atomic E-state index is 0.186. The van der Waals surface area contributed by atoms with Crippen LogP contribution in [-0.4, -0.2) is 24.1 Å². The third kappa shape index (κ3) is 11.8. The summed E-state index contributed by atoms with van der Waals surface area (Å²) in [5.41, 5.74) is 1.61. The fourth-order valence-electron chi connectivity index (χ4n) is 3.49. The second-order valence-electron chi connectivity index (χ2n) is 9.11. The second-order valence-corrected chi connectivity index (χ2v) is 9.11. The van der Waals surface area contributed by atoms with Crippen molar-refractivity contribution in [2.75, 3.05) is 7.11 Å². The predicted molar refractivity (Wildman–Crippen MR) is 148 cm³/mol. The summed E-state index contributed by atoms with van der Waals surface area (Å²) in [5, 5.41) is 12.9. The van der Waals surface area contributed by atoms with Crippen molar-refractivity contribution in [3.8, 4) is 5.75 Å². The highest BCUT2D eigenvalue weighted by atomic mass is 16.5. The standard InChI is InChI=1S/C30H41NO6/c1-7-8-9-13-21(2)14-12-15-22(3)17-18-24(5)28(33)27-25(32)20-26(37-29(27)34)23(4)16-10-11-19-31-30(35)36-6/h7-8,11,13,17-20,23,32H,9-10,12,14-16H2,1-6H3,(H,31,35)/b8-7-,19-11+,21-13-,22-17-,24-18+/t23-/m1/s1. The first kappa shape index (κ1) is 31.4. The Kier molecular flexibility index (Phi) is 14.4. The molecule has 1 amide bonds. The van der Waals surface area contributed by atoms with Gasteiger partial charge in [0.1, 0.15) is 17.1 Å². The first-order chi connectivity index (χ1) is 17.6. The van der Waals surface area contributed by atoms with Gasteiger partial charge in [-0.3, -0.25) is 10.1 Å². The Labute approximate surface area is 220 Å². The summed E-state index contributed by atoms with van der Waals surface area (Å²) in [5.74, 6) is -0.844. The molecule has 1 rings (SSSR count). The number of alkyl carbamates (subject to hydrolysis) is 1. The molecule has 0 fully saturated rings. The van der Waals surface area contributed by atoms with Gasteiger partial charge in [0.05, 0.1) is 7.11 Å². The molecule has 0 aliphatic rings. The first-order valence-corrected chi connectivity index (χ1v) is 12.6. The molecule has 202 valence electrons. The van der Waals surface area contributed by atoms with E-state index in [4.69, 9.17) is 4.42 Å². The highest BCUT2D eigenvalue weighted by Crippen LogP contribution is 2.26. The Morgan fingerprint density at radius 2 is 1.84 bits per heavy atom. The maximum Gasteiger partial charge on any atom is 0.410 e. The summed E-state index contributed by atoms with van der Waals surface area (Å²) in [7, 11) is 1.28. The molecule has 2 N–H and O–H groups in total. The lowest BCUT2D eigenvalue weighted by Crippen LogP contribution is -2.16. The lowest BCUT2D eigenvalue weighted by atomic mass is 9.99. The zero-order valence-electron chi connectivity index (χ0n) is 22.9. The van der Waals surface area contributed by atoms with Crippen LogP contribution in [0.25, 0.3) is 0 Å². The van der Waals surface area contributed by atoms with Gasteiger partial charge in [-0.25, -0.2) is 9.59 Å². The van der Waals surface area contributed by atoms with Gasteiger partial charge in [0, 0.05) is 18.2 Å². The number of carbonyl (C=O) groups is 2. The van der Waals surface area contributed by atoms with E-state index in [1.165, 1.54) is 24.9 Å². The second kappa shape index (κ2) is 17.0. The molecule has 1 atom stereocenters. The van der Waals surface area contributed by atoms with Crippen LogP contribution >= 0.6 is 0 Å². The minimum atomic E-state index is -0.858. The van der Waals surface area contributed by atoms with E-state index < -0.39 is 17.5 Å². The molecule has 7 heteroatoms. The molecule has 0 aromatic carbocycles. The van der Waals surface area contributed by atoms with Gasteiger partial charge in [-0.15, -0.1) is 0 Å². The minimum Gasteiger partial charge on any atom is -0.507 e. The lowest BCUT2D eigenvalue weighted by Gasteiger charge is -2.11. The average molecular weight is 512 g/mol. The van der Waals surface area contributed by atoms with E-state index in [0.717, 1.165) is 31.3 Å². The lowest BCUT2D eigenvalue weighted by molar-refractivity contribution is 0.102. The van der Waals surface area contributed by atoms with E-state index in [1.54, 1.807) is 19.1 Å². The van der Waals surface area contributed by atoms with Gasteiger partial charge < -0.3 is 14.3 Å². The van der Waals surface area contributed by atoms with Crippen molar-refractivity contribution in [3.63, 3.8) is 0 Å². The molecule has 0 saturated heterocycles. The van der Waals surface area contributed by atoms with Crippen LogP contribution in [0.3, 0.4) is 0 Å². The van der Waals surface area contributed by atoms with E-state index in [-0.39, 0.29) is 17.2 Å². The maximum atomic E-state index is 12.8. The van der Waals surface area contributed by atoms with E-state index in [2.05, 4.69) is 29.1 Å². The van der Waals surface area contributed by atoms with E-state index in [0.29, 0.717) is 24.2 Å². The third-order valence-corrected chi connectivity index (χ3v) is 5.89. The van der Waals surface area contributed by atoms with Gasteiger partial charge in [0.25, 0.3) is 0 Å². The summed E-state index contributed by atoms with van der Waals surface area (Å²) in [4.78, 5) is 36.4. The largest absolute Gasteiger partial charge is 0.507 e. The fraction of sp³-hybridized carbons (Fsp3) is 0.433. The molecule has 1 heterocycles. The smallest absolute Gasteiger partial charge is 0.410 e. The maximum absolute atomic E-state index is 12.8. The molecule has 0 spiro atoms. The molecule has 0 bridgehead atoms. The summed E-state index contributed by atoms with van der Waals surface area (Å²) >= 11 is 0. The summed E-state index contributed by atoms with van der Waals surface area (Å²) < 4.78 is 9.84. The molecular formula is C30H41NO6. The van der Waals surface area contributed by atoms with Gasteiger partial charge in [-0.05, 0) is 71.8 Å². The van der Waals surface area contributed by atoms with Crippen LogP contribution in [0.1, 0.15) is 95.2 Å². The highest BCUT2D eigenvalue weighted by molar-refractivity contribution is 6.09. The van der Waals surface area contributed by atoms with Gasteiger partial charge in [-0.2, -0.15) is 0 Å². The molecule has 1 aromatic rings. The van der Waals surface area contributed by atoms with E-state index in [1.807, 2.05) is 32.9 Å². The van der Waals surface area contributed by atoms with Crippen LogP contribution < -0.4 is 10.9 Å². The van der Waals surface area contributed by atoms with E-state index in [9.17, 15) is 19.5 Å². The third-order valence-electron chi connectivity index (χ3n) is 5.89. The van der Waals surface area contributed by atoms with Crippen LogP contribution in [0.5, 0.6) is 5.75 Å². The molecule has 0 aliphatic carbocycles. The zero-order valence-corrected chi connectivity index (χ0v) is 22.9. The normalized spacial score (nSPS) is 13.8. The van der Waals surface area contributed by atoms with Crippen molar-refractivity contribution < 1.29 is 23.8 Å². The number of methoxy groups -OCH3 is 1. The van der Waals surface area contributed by atoms with Crippen molar-refractivity contribution in [1.82, 2.24) is 5.32 Å². The first-order valence-electron chi connectivity index (χ1n) is 12.6. The summed E-state index contributed by atoms with van der Waals surface area (Å²) in [6, 6.07) is 1.33. The molecule has 0 unspecified atom stereocenters. The van der Waals surface area contributed by atoms with Crippen LogP contribution in [0, 0.1) is 0 Å². The number of ketones is 1. The number of rotatable bonds is 14. The van der Waals surface area contributed by atoms with Crippen molar-refractivity contribution in [3.05, 3.63) is 87.2 Å². The summed E-state index contributed by atoms with van der Waals surface area (Å²) in [6.07, 6.45) is 17.7. The van der Waals surface area contributed by atoms with Gasteiger partial charge in [-0.1, -0.05) is 54.5 Å². The Morgan fingerprint density at radius 1 is 1.14 bits per heavy atom. The number of Topliss-reactive ketones (excluding diaryl/α,β-unsaturated/α-hetero) is 1. The molecular weight excluding hydrogens is 470 g/mol. The molecule has 0 saturated carbocycles. The summed E-state index contributed by atoms with van der Waals surface area (Å²) in [6.45, 7) is 9.62. The Bertz CT molecular complexity index is 1120. The number of amides is 1. The van der Waals surface area contributed by atoms with Gasteiger partial charge in [0.15, 0.2) is 5.78 Å². The van der Waals surface area contributed by atoms with Crippen molar-refractivity contribution >= 4 is 11.9 Å². The van der Waals surface area contributed by atoms with Gasteiger partial charge in [0.2, 0.25) is 0 Å². The molecule has 37 heavy (non-hydrogen) atoms. The topological polar surface area (TPSA) is 106 Å². The van der Waals surface area contributed by atoms with Crippen LogP contribution in [0.4, 0.5) is 4.79 Å². The number of nitrogens with one attached hydrogen (secondary N) is 1. The van der Waals surface area contributed by atoms with Crippen molar-refractivity contribution in [2.24, 2.45) is 0 Å². The van der Waals surface area contributed by atoms with Crippen molar-refractivity contribution in [2.45, 2.75) is 79.1 Å². The number of ether oxygens (including phenoxy) is 1. The van der Waals surface area contributed by atoms with Crippen LogP contribution in [0.15, 0.2) is 74.7 Å². The monoisotopic (exact) mass is 511 g/mol. The molecule has 7 nitrogen and oxygen atoms in total. The van der Waals surface area contributed by atoms with Gasteiger partial charge >= 0.3 is 11.7 Å². The quantitative estimate of drug-likeness (QED) is 0.118. The Morgan fingerprint density at radius 3 is 2.49 bits per heavy atom. The number of aromatic hydroxyl groups is 1. The zero-order chi connectivity index (χ0) is 27.8.